The minimum Gasteiger partial charge on any atom is -0.270 e. The molecule has 0 aromatic heterocycles. The Morgan fingerprint density at radius 1 is 0.867 bits per heavy atom. The van der Waals surface area contributed by atoms with E-state index in [9.17, 15) is 4.57 Å². The molecule has 15 heavy (non-hydrogen) atoms. The highest BCUT2D eigenvalue weighted by atomic mass is 31.2. The van der Waals surface area contributed by atoms with E-state index in [0.717, 1.165) is 26.2 Å². The van der Waals surface area contributed by atoms with Crippen molar-refractivity contribution in [3.05, 3.63) is 0 Å². The summed E-state index contributed by atoms with van der Waals surface area (Å²) in [5, 5.41) is 0. The van der Waals surface area contributed by atoms with Crippen molar-refractivity contribution in [3.8, 4) is 0 Å². The molecule has 2 aliphatic heterocycles. The van der Waals surface area contributed by atoms with Crippen molar-refractivity contribution in [1.29, 1.82) is 0 Å². The molecule has 88 valence electrons. The summed E-state index contributed by atoms with van der Waals surface area (Å²) < 4.78 is 19.5. The molecule has 2 aliphatic rings. The van der Waals surface area contributed by atoms with Gasteiger partial charge in [-0.2, -0.15) is 0 Å². The molecule has 2 fully saturated rings. The van der Waals surface area contributed by atoms with E-state index in [4.69, 9.17) is 0 Å². The minimum atomic E-state index is -2.39. The summed E-state index contributed by atoms with van der Waals surface area (Å²) in [6.45, 7) is 4.02. The summed E-state index contributed by atoms with van der Waals surface area (Å²) in [5.74, 6) is 0. The zero-order valence-corrected chi connectivity index (χ0v) is 10.7. The fourth-order valence-electron chi connectivity index (χ4n) is 2.61. The number of hydrogen-bond donors (Lipinski definition) is 0. The average molecular weight is 231 g/mol. The Labute approximate surface area is 92.7 Å². The molecule has 0 bridgehead atoms. The Morgan fingerprint density at radius 3 is 1.47 bits per heavy atom. The van der Waals surface area contributed by atoms with Crippen molar-refractivity contribution >= 4 is 7.59 Å². The molecule has 2 saturated heterocycles. The van der Waals surface area contributed by atoms with Gasteiger partial charge in [0.15, 0.2) is 0 Å². The molecule has 0 amide bonds. The van der Waals surface area contributed by atoms with E-state index in [0.29, 0.717) is 0 Å². The van der Waals surface area contributed by atoms with E-state index in [1.165, 1.54) is 25.7 Å². The van der Waals surface area contributed by atoms with Gasteiger partial charge in [-0.3, -0.25) is 4.57 Å². The molecule has 0 atom stereocenters. The minimum absolute atomic E-state index is 1.01. The van der Waals surface area contributed by atoms with Gasteiger partial charge in [-0.1, -0.05) is 0 Å². The molecule has 4 nitrogen and oxygen atoms in total. The van der Waals surface area contributed by atoms with Gasteiger partial charge in [0.05, 0.1) is 0 Å². The molecule has 5 heteroatoms. The lowest BCUT2D eigenvalue weighted by atomic mass is 10.4. The van der Waals surface area contributed by atoms with E-state index in [1.54, 1.807) is 0 Å². The van der Waals surface area contributed by atoms with Gasteiger partial charge in [0.2, 0.25) is 0 Å². The molecule has 2 heterocycles. The Balaban J connectivity index is 2.18. The molecule has 0 unspecified atom stereocenters. The van der Waals surface area contributed by atoms with Gasteiger partial charge in [0, 0.05) is 26.2 Å². The van der Waals surface area contributed by atoms with E-state index >= 15 is 0 Å². The highest BCUT2D eigenvalue weighted by molar-refractivity contribution is 7.56. The Bertz CT molecular complexity index is 237. The molecule has 0 radical (unpaired) electrons. The maximum atomic E-state index is 13.1. The summed E-state index contributed by atoms with van der Waals surface area (Å²) in [5.41, 5.74) is 0. The largest absolute Gasteiger partial charge is 0.286 e. The van der Waals surface area contributed by atoms with Crippen molar-refractivity contribution in [1.82, 2.24) is 14.0 Å². The van der Waals surface area contributed by atoms with E-state index in [2.05, 4.69) is 9.34 Å². The topological polar surface area (TPSA) is 26.8 Å². The summed E-state index contributed by atoms with van der Waals surface area (Å²) in [6.07, 6.45) is 4.80. The second kappa shape index (κ2) is 4.54. The molecule has 0 aliphatic carbocycles. The van der Waals surface area contributed by atoms with Crippen molar-refractivity contribution in [2.24, 2.45) is 0 Å². The predicted octanol–water partition coefficient (Wildman–Crippen LogP) is 1.85. The first-order valence-corrected chi connectivity index (χ1v) is 7.51. The zero-order valence-electron chi connectivity index (χ0n) is 9.85. The first kappa shape index (κ1) is 11.6. The maximum absolute atomic E-state index is 13.1. The quantitative estimate of drug-likeness (QED) is 0.693. The lowest BCUT2D eigenvalue weighted by molar-refractivity contribution is 0.340. The van der Waals surface area contributed by atoms with Gasteiger partial charge >= 0.3 is 0 Å². The Kier molecular flexibility index (Phi) is 3.51. The maximum Gasteiger partial charge on any atom is 0.286 e. The van der Waals surface area contributed by atoms with Crippen LogP contribution in [0.4, 0.5) is 0 Å². The second-order valence-corrected chi connectivity index (χ2v) is 7.64. The number of hydrogen-bond acceptors (Lipinski definition) is 1. The third-order valence-electron chi connectivity index (χ3n) is 3.42. The molecular weight excluding hydrogens is 209 g/mol. The smallest absolute Gasteiger partial charge is 0.270 e. The normalized spacial score (nSPS) is 25.5. The first-order valence-electron chi connectivity index (χ1n) is 5.94. The van der Waals surface area contributed by atoms with Crippen LogP contribution < -0.4 is 0 Å². The lowest BCUT2D eigenvalue weighted by Crippen LogP contribution is -2.35. The molecule has 0 aromatic carbocycles. The second-order valence-electron chi connectivity index (χ2n) is 4.68. The fourth-order valence-corrected chi connectivity index (χ4v) is 5.58. The Hall–Kier alpha value is 0.110. The van der Waals surface area contributed by atoms with Crippen LogP contribution in [-0.2, 0) is 4.57 Å². The zero-order chi connectivity index (χ0) is 10.9. The molecule has 0 saturated carbocycles. The van der Waals surface area contributed by atoms with Crippen LogP contribution in [0, 0.1) is 0 Å². The molecular formula is C10H22N3OP. The SMILES string of the molecule is CN(C)P(=O)(N1CCCC1)N1CCCC1. The highest BCUT2D eigenvalue weighted by Gasteiger charge is 2.41. The number of rotatable bonds is 3. The van der Waals surface area contributed by atoms with Crippen LogP contribution >= 0.6 is 7.59 Å². The van der Waals surface area contributed by atoms with Gasteiger partial charge in [-0.05, 0) is 39.8 Å². The standard InChI is InChI=1S/C10H22N3OP/c1-11(2)15(14,12-7-3-4-8-12)13-9-5-6-10-13/h3-10H2,1-2H3. The van der Waals surface area contributed by atoms with Crippen LogP contribution in [-0.4, -0.2) is 54.3 Å². The summed E-state index contributed by atoms with van der Waals surface area (Å²) in [4.78, 5) is 0. The third kappa shape index (κ3) is 2.01. The fraction of sp³-hybridized carbons (Fsp3) is 1.00. The van der Waals surface area contributed by atoms with Gasteiger partial charge in [0.1, 0.15) is 0 Å². The summed E-state index contributed by atoms with van der Waals surface area (Å²) in [7, 11) is 1.52. The van der Waals surface area contributed by atoms with Crippen LogP contribution in [0.25, 0.3) is 0 Å². The summed E-state index contributed by atoms with van der Waals surface area (Å²) in [6, 6.07) is 0. The third-order valence-corrected chi connectivity index (χ3v) is 6.74. The average Bonchev–Trinajstić information content (AvgIpc) is 2.89. The first-order chi connectivity index (χ1) is 7.15. The van der Waals surface area contributed by atoms with Crippen LogP contribution in [0.1, 0.15) is 25.7 Å². The molecule has 0 N–H and O–H groups in total. The van der Waals surface area contributed by atoms with Crippen LogP contribution in [0.15, 0.2) is 0 Å². The molecule has 0 spiro atoms. The highest BCUT2D eigenvalue weighted by Crippen LogP contribution is 2.57. The van der Waals surface area contributed by atoms with Gasteiger partial charge in [0.25, 0.3) is 7.59 Å². The van der Waals surface area contributed by atoms with Crippen molar-refractivity contribution in [3.63, 3.8) is 0 Å². The van der Waals surface area contributed by atoms with Gasteiger partial charge in [-0.15, -0.1) is 0 Å². The molecule has 2 rings (SSSR count). The van der Waals surface area contributed by atoms with Crippen LogP contribution in [0.3, 0.4) is 0 Å². The van der Waals surface area contributed by atoms with Crippen molar-refractivity contribution in [2.45, 2.75) is 25.7 Å². The lowest BCUT2D eigenvalue weighted by Gasteiger charge is -2.38. The van der Waals surface area contributed by atoms with Gasteiger partial charge < -0.3 is 0 Å². The molecule has 0 aromatic rings. The number of nitrogens with zero attached hydrogens (tertiary/aromatic N) is 3. The van der Waals surface area contributed by atoms with Crippen LogP contribution in [0.2, 0.25) is 0 Å². The Morgan fingerprint density at radius 2 is 1.20 bits per heavy atom. The van der Waals surface area contributed by atoms with Crippen molar-refractivity contribution < 1.29 is 4.57 Å². The van der Waals surface area contributed by atoms with E-state index in [1.807, 2.05) is 18.8 Å². The van der Waals surface area contributed by atoms with Crippen molar-refractivity contribution in [2.75, 3.05) is 40.3 Å². The van der Waals surface area contributed by atoms with Crippen LogP contribution in [0.5, 0.6) is 0 Å². The monoisotopic (exact) mass is 231 g/mol. The van der Waals surface area contributed by atoms with Gasteiger partial charge in [-0.25, -0.2) is 14.0 Å². The predicted molar refractivity (Wildman–Crippen MR) is 62.9 cm³/mol. The summed E-state index contributed by atoms with van der Waals surface area (Å²) >= 11 is 0. The van der Waals surface area contributed by atoms with E-state index < -0.39 is 7.59 Å². The van der Waals surface area contributed by atoms with E-state index in [-0.39, 0.29) is 0 Å².